The number of anilines is 1. The van der Waals surface area contributed by atoms with E-state index in [1.165, 1.54) is 23.3 Å². The minimum atomic E-state index is 0.434. The number of ether oxygens (including phenoxy) is 1. The number of nitrogens with zero attached hydrogens (tertiary/aromatic N) is 2. The molecular formula is C13H18N4OS. The van der Waals surface area contributed by atoms with Gasteiger partial charge in [-0.25, -0.2) is 15.8 Å². The summed E-state index contributed by atoms with van der Waals surface area (Å²) in [6.45, 7) is 3.06. The maximum Gasteiger partial charge on any atom is 0.158 e. The van der Waals surface area contributed by atoms with Gasteiger partial charge in [-0.1, -0.05) is 0 Å². The van der Waals surface area contributed by atoms with Crippen molar-refractivity contribution in [3.8, 4) is 0 Å². The van der Waals surface area contributed by atoms with E-state index in [4.69, 9.17) is 10.6 Å². The van der Waals surface area contributed by atoms with Crippen LogP contribution in [0.15, 0.2) is 0 Å². The van der Waals surface area contributed by atoms with E-state index in [-0.39, 0.29) is 0 Å². The third-order valence-corrected chi connectivity index (χ3v) is 4.62. The second-order valence-electron chi connectivity index (χ2n) is 4.66. The Morgan fingerprint density at radius 2 is 2.16 bits per heavy atom. The van der Waals surface area contributed by atoms with Gasteiger partial charge in [0, 0.05) is 11.5 Å². The molecule has 0 fully saturated rings. The minimum absolute atomic E-state index is 0.434. The van der Waals surface area contributed by atoms with Gasteiger partial charge in [-0.15, -0.1) is 11.3 Å². The first-order valence-electron chi connectivity index (χ1n) is 6.69. The Labute approximate surface area is 116 Å². The third-order valence-electron chi connectivity index (χ3n) is 3.43. The second kappa shape index (κ2) is 5.40. The molecule has 0 aliphatic heterocycles. The molecule has 6 heteroatoms. The first-order valence-corrected chi connectivity index (χ1v) is 7.50. The maximum atomic E-state index is 5.63. The van der Waals surface area contributed by atoms with Crippen molar-refractivity contribution in [1.82, 2.24) is 9.97 Å². The quantitative estimate of drug-likeness (QED) is 0.663. The van der Waals surface area contributed by atoms with E-state index < -0.39 is 0 Å². The summed E-state index contributed by atoms with van der Waals surface area (Å²) >= 11 is 1.77. The van der Waals surface area contributed by atoms with E-state index in [0.29, 0.717) is 19.0 Å². The molecule has 0 saturated heterocycles. The van der Waals surface area contributed by atoms with Crippen molar-refractivity contribution < 1.29 is 4.74 Å². The average molecular weight is 278 g/mol. The van der Waals surface area contributed by atoms with Gasteiger partial charge in [0.15, 0.2) is 11.6 Å². The van der Waals surface area contributed by atoms with Crippen LogP contribution in [0.3, 0.4) is 0 Å². The van der Waals surface area contributed by atoms with Crippen LogP contribution in [0, 0.1) is 0 Å². The molecule has 0 unspecified atom stereocenters. The van der Waals surface area contributed by atoms with Crippen LogP contribution in [0.2, 0.25) is 0 Å². The zero-order chi connectivity index (χ0) is 13.2. The van der Waals surface area contributed by atoms with Gasteiger partial charge in [0.05, 0.1) is 5.39 Å². The van der Waals surface area contributed by atoms with Gasteiger partial charge < -0.3 is 10.2 Å². The number of fused-ring (bicyclic) bond motifs is 3. The van der Waals surface area contributed by atoms with Crippen molar-refractivity contribution in [2.75, 3.05) is 12.0 Å². The molecule has 0 radical (unpaired) electrons. The van der Waals surface area contributed by atoms with E-state index in [9.17, 15) is 0 Å². The molecule has 0 amide bonds. The predicted octanol–water partition coefficient (Wildman–Crippen LogP) is 2.39. The third kappa shape index (κ3) is 2.31. The first-order chi connectivity index (χ1) is 9.33. The lowest BCUT2D eigenvalue weighted by atomic mass is 9.97. The summed E-state index contributed by atoms with van der Waals surface area (Å²) in [7, 11) is 0. The number of aryl methyl sites for hydroxylation is 2. The number of rotatable bonds is 4. The topological polar surface area (TPSA) is 73.1 Å². The van der Waals surface area contributed by atoms with Gasteiger partial charge in [0.1, 0.15) is 11.4 Å². The smallest absolute Gasteiger partial charge is 0.158 e. The fourth-order valence-electron chi connectivity index (χ4n) is 2.56. The number of nitrogens with two attached hydrogens (primary N) is 1. The Hall–Kier alpha value is -1.24. The van der Waals surface area contributed by atoms with E-state index in [2.05, 4.69) is 15.4 Å². The van der Waals surface area contributed by atoms with Crippen molar-refractivity contribution in [3.63, 3.8) is 0 Å². The Morgan fingerprint density at radius 3 is 2.95 bits per heavy atom. The fourth-order valence-corrected chi connectivity index (χ4v) is 3.84. The molecule has 0 aromatic carbocycles. The predicted molar refractivity (Wildman–Crippen MR) is 77.2 cm³/mol. The fraction of sp³-hybridized carbons (Fsp3) is 0.538. The average Bonchev–Trinajstić information content (AvgIpc) is 2.82. The number of nitrogens with one attached hydrogen (secondary N) is 1. The van der Waals surface area contributed by atoms with E-state index in [1.807, 2.05) is 6.92 Å². The Balaban J connectivity index is 2.11. The van der Waals surface area contributed by atoms with Crippen LogP contribution in [-0.2, 0) is 24.2 Å². The summed E-state index contributed by atoms with van der Waals surface area (Å²) in [4.78, 5) is 11.6. The first kappa shape index (κ1) is 12.8. The zero-order valence-electron chi connectivity index (χ0n) is 11.0. The Bertz CT molecular complexity index is 596. The van der Waals surface area contributed by atoms with Gasteiger partial charge in [0.25, 0.3) is 0 Å². The lowest BCUT2D eigenvalue weighted by Gasteiger charge is -2.11. The number of aromatic nitrogens is 2. The number of hydrogen-bond donors (Lipinski definition) is 2. The highest BCUT2D eigenvalue weighted by Gasteiger charge is 2.20. The zero-order valence-corrected chi connectivity index (χ0v) is 11.8. The lowest BCUT2D eigenvalue weighted by molar-refractivity contribution is 0.128. The Morgan fingerprint density at radius 1 is 1.32 bits per heavy atom. The van der Waals surface area contributed by atoms with Crippen molar-refractivity contribution in [2.24, 2.45) is 5.84 Å². The molecule has 19 heavy (non-hydrogen) atoms. The van der Waals surface area contributed by atoms with Gasteiger partial charge >= 0.3 is 0 Å². The molecular weight excluding hydrogens is 260 g/mol. The molecule has 3 rings (SSSR count). The molecule has 3 N–H and O–H groups in total. The summed E-state index contributed by atoms with van der Waals surface area (Å²) in [5, 5.41) is 1.11. The molecule has 102 valence electrons. The summed E-state index contributed by atoms with van der Waals surface area (Å²) in [6.07, 6.45) is 4.77. The van der Waals surface area contributed by atoms with Crippen molar-refractivity contribution in [3.05, 3.63) is 16.3 Å². The largest absolute Gasteiger partial charge is 0.374 e. The standard InChI is InChI=1S/C13H18N4OS/c1-2-18-7-10-15-12(17-14)11-8-5-3-4-6-9(8)19-13(11)16-10/h2-7,14H2,1H3,(H,15,16,17). The SMILES string of the molecule is CCOCc1nc(NN)c2c3c(sc2n1)CCCC3. The number of thiophene rings is 1. The number of hydrazine groups is 1. The summed E-state index contributed by atoms with van der Waals surface area (Å²) < 4.78 is 5.38. The van der Waals surface area contributed by atoms with E-state index in [1.54, 1.807) is 11.3 Å². The van der Waals surface area contributed by atoms with Crippen LogP contribution < -0.4 is 11.3 Å². The number of nitrogen functional groups attached to an aromatic ring is 1. The minimum Gasteiger partial charge on any atom is -0.374 e. The van der Waals surface area contributed by atoms with Gasteiger partial charge in [-0.3, -0.25) is 0 Å². The lowest BCUT2D eigenvalue weighted by Crippen LogP contribution is -2.12. The van der Waals surface area contributed by atoms with Gasteiger partial charge in [-0.2, -0.15) is 0 Å². The second-order valence-corrected chi connectivity index (χ2v) is 5.74. The normalized spacial score (nSPS) is 14.6. The van der Waals surface area contributed by atoms with E-state index >= 15 is 0 Å². The summed E-state index contributed by atoms with van der Waals surface area (Å²) in [5.74, 6) is 7.06. The number of hydrogen-bond acceptors (Lipinski definition) is 6. The molecule has 2 heterocycles. The highest BCUT2D eigenvalue weighted by Crippen LogP contribution is 2.38. The molecule has 0 atom stereocenters. The van der Waals surface area contributed by atoms with E-state index in [0.717, 1.165) is 28.9 Å². The monoisotopic (exact) mass is 278 g/mol. The van der Waals surface area contributed by atoms with Crippen LogP contribution in [0.5, 0.6) is 0 Å². The Kier molecular flexibility index (Phi) is 3.63. The van der Waals surface area contributed by atoms with Crippen LogP contribution in [0.4, 0.5) is 5.82 Å². The molecule has 1 aliphatic rings. The molecule has 0 bridgehead atoms. The summed E-state index contributed by atoms with van der Waals surface area (Å²) in [5.41, 5.74) is 4.11. The molecule has 0 saturated carbocycles. The highest BCUT2D eigenvalue weighted by atomic mass is 32.1. The van der Waals surface area contributed by atoms with Crippen LogP contribution in [0.25, 0.3) is 10.2 Å². The highest BCUT2D eigenvalue weighted by molar-refractivity contribution is 7.19. The molecule has 0 spiro atoms. The van der Waals surface area contributed by atoms with Gasteiger partial charge in [0.2, 0.25) is 0 Å². The van der Waals surface area contributed by atoms with Crippen LogP contribution in [0.1, 0.15) is 36.0 Å². The van der Waals surface area contributed by atoms with Crippen molar-refractivity contribution in [1.29, 1.82) is 0 Å². The molecule has 5 nitrogen and oxygen atoms in total. The van der Waals surface area contributed by atoms with Crippen LogP contribution in [-0.4, -0.2) is 16.6 Å². The van der Waals surface area contributed by atoms with Crippen molar-refractivity contribution >= 4 is 27.4 Å². The maximum absolute atomic E-state index is 5.63. The molecule has 2 aromatic rings. The summed E-state index contributed by atoms with van der Waals surface area (Å²) in [6, 6.07) is 0. The molecule has 1 aliphatic carbocycles. The van der Waals surface area contributed by atoms with Crippen LogP contribution >= 0.6 is 11.3 Å². The molecule has 2 aromatic heterocycles. The van der Waals surface area contributed by atoms with Gasteiger partial charge in [-0.05, 0) is 38.2 Å². The van der Waals surface area contributed by atoms with Crippen molar-refractivity contribution in [2.45, 2.75) is 39.2 Å².